The van der Waals surface area contributed by atoms with Crippen LogP contribution in [0.5, 0.6) is 5.75 Å². The second-order valence-corrected chi connectivity index (χ2v) is 7.39. The Kier molecular flexibility index (Phi) is 4.78. The number of aryl methyl sites for hydroxylation is 1. The predicted octanol–water partition coefficient (Wildman–Crippen LogP) is 2.54. The number of nitrogens with zero attached hydrogens (tertiary/aromatic N) is 1. The van der Waals surface area contributed by atoms with Crippen molar-refractivity contribution >= 4 is 15.7 Å². The highest BCUT2D eigenvalue weighted by Crippen LogP contribution is 2.34. The summed E-state index contributed by atoms with van der Waals surface area (Å²) in [6.07, 6.45) is 3.72. The fourth-order valence-corrected chi connectivity index (χ4v) is 4.80. The molecule has 1 fully saturated rings. The van der Waals surface area contributed by atoms with Crippen LogP contribution in [0, 0.1) is 6.92 Å². The molecule has 1 aromatic carbocycles. The van der Waals surface area contributed by atoms with Gasteiger partial charge in [-0.1, -0.05) is 13.3 Å². The number of piperidine rings is 1. The van der Waals surface area contributed by atoms with Crippen LogP contribution >= 0.6 is 0 Å². The van der Waals surface area contributed by atoms with Gasteiger partial charge in [-0.15, -0.1) is 0 Å². The summed E-state index contributed by atoms with van der Waals surface area (Å²) in [4.78, 5) is 0.174. The van der Waals surface area contributed by atoms with Crippen molar-refractivity contribution in [3.05, 3.63) is 17.7 Å². The summed E-state index contributed by atoms with van der Waals surface area (Å²) in [7, 11) is -2.09. The van der Waals surface area contributed by atoms with Crippen molar-refractivity contribution in [1.82, 2.24) is 4.31 Å². The van der Waals surface area contributed by atoms with Gasteiger partial charge in [0.05, 0.1) is 7.11 Å². The zero-order valence-corrected chi connectivity index (χ0v) is 13.7. The van der Waals surface area contributed by atoms with E-state index in [1.165, 1.54) is 13.2 Å². The van der Waals surface area contributed by atoms with Crippen LogP contribution in [0.1, 0.15) is 38.2 Å². The lowest BCUT2D eigenvalue weighted by molar-refractivity contribution is 0.246. The minimum atomic E-state index is -3.58. The van der Waals surface area contributed by atoms with Gasteiger partial charge in [-0.05, 0) is 43.9 Å². The standard InChI is InChI=1S/C15H24N2O3S/c1-4-12-7-5-6-8-17(12)21(18,19)15-10-13(16)11(2)9-14(15)20-3/h9-10,12H,4-8,16H2,1-3H3. The molecule has 21 heavy (non-hydrogen) atoms. The van der Waals surface area contributed by atoms with Gasteiger partial charge in [0.15, 0.2) is 0 Å². The number of anilines is 1. The Morgan fingerprint density at radius 1 is 1.38 bits per heavy atom. The van der Waals surface area contributed by atoms with E-state index in [2.05, 4.69) is 0 Å². The lowest BCUT2D eigenvalue weighted by Crippen LogP contribution is -2.43. The minimum Gasteiger partial charge on any atom is -0.495 e. The fourth-order valence-electron chi connectivity index (χ4n) is 2.86. The molecule has 118 valence electrons. The Morgan fingerprint density at radius 3 is 2.71 bits per heavy atom. The number of ether oxygens (including phenoxy) is 1. The van der Waals surface area contributed by atoms with Crippen LogP contribution in [-0.4, -0.2) is 32.4 Å². The average molecular weight is 312 g/mol. The molecule has 0 aliphatic carbocycles. The van der Waals surface area contributed by atoms with E-state index in [1.807, 2.05) is 13.8 Å². The second-order valence-electron chi connectivity index (χ2n) is 5.53. The average Bonchev–Trinajstić information content (AvgIpc) is 2.49. The van der Waals surface area contributed by atoms with Crippen molar-refractivity contribution in [2.75, 3.05) is 19.4 Å². The van der Waals surface area contributed by atoms with Gasteiger partial charge < -0.3 is 10.5 Å². The Labute approximate surface area is 127 Å². The number of sulfonamides is 1. The van der Waals surface area contributed by atoms with Crippen LogP contribution in [0.3, 0.4) is 0 Å². The number of benzene rings is 1. The molecule has 5 nitrogen and oxygen atoms in total. The molecule has 2 rings (SSSR count). The van der Waals surface area contributed by atoms with E-state index in [0.29, 0.717) is 18.0 Å². The van der Waals surface area contributed by atoms with Gasteiger partial charge in [-0.3, -0.25) is 0 Å². The first kappa shape index (κ1) is 16.1. The first-order chi connectivity index (χ1) is 9.91. The van der Waals surface area contributed by atoms with Gasteiger partial charge in [0.25, 0.3) is 0 Å². The maximum atomic E-state index is 13.0. The molecular weight excluding hydrogens is 288 g/mol. The molecule has 1 unspecified atom stereocenters. The van der Waals surface area contributed by atoms with Crippen molar-refractivity contribution in [3.8, 4) is 5.75 Å². The van der Waals surface area contributed by atoms with Crippen LogP contribution < -0.4 is 10.5 Å². The van der Waals surface area contributed by atoms with Crippen LogP contribution in [0.2, 0.25) is 0 Å². The number of methoxy groups -OCH3 is 1. The normalized spacial score (nSPS) is 20.4. The van der Waals surface area contributed by atoms with Crippen molar-refractivity contribution in [2.24, 2.45) is 0 Å². The lowest BCUT2D eigenvalue weighted by atomic mass is 10.0. The molecule has 1 aromatic rings. The molecule has 6 heteroatoms. The first-order valence-electron chi connectivity index (χ1n) is 7.37. The maximum absolute atomic E-state index is 13.0. The molecule has 0 spiro atoms. The third-order valence-electron chi connectivity index (χ3n) is 4.18. The smallest absolute Gasteiger partial charge is 0.247 e. The molecule has 0 aromatic heterocycles. The molecule has 1 heterocycles. The summed E-state index contributed by atoms with van der Waals surface area (Å²) >= 11 is 0. The van der Waals surface area contributed by atoms with Gasteiger partial charge in [0, 0.05) is 18.3 Å². The third-order valence-corrected chi connectivity index (χ3v) is 6.16. The first-order valence-corrected chi connectivity index (χ1v) is 8.81. The van der Waals surface area contributed by atoms with E-state index in [1.54, 1.807) is 10.4 Å². The topological polar surface area (TPSA) is 72.6 Å². The van der Waals surface area contributed by atoms with Crippen molar-refractivity contribution < 1.29 is 13.2 Å². The summed E-state index contributed by atoms with van der Waals surface area (Å²) in [5.74, 6) is 0.363. The number of hydrogen-bond acceptors (Lipinski definition) is 4. The Hall–Kier alpha value is -1.27. The van der Waals surface area contributed by atoms with Gasteiger partial charge in [-0.25, -0.2) is 8.42 Å². The van der Waals surface area contributed by atoms with Crippen LogP contribution in [0.25, 0.3) is 0 Å². The largest absolute Gasteiger partial charge is 0.495 e. The number of nitrogen functional groups attached to an aromatic ring is 1. The second kappa shape index (κ2) is 6.23. The van der Waals surface area contributed by atoms with E-state index in [0.717, 1.165) is 31.2 Å². The van der Waals surface area contributed by atoms with Gasteiger partial charge >= 0.3 is 0 Å². The van der Waals surface area contributed by atoms with E-state index in [9.17, 15) is 8.42 Å². The van der Waals surface area contributed by atoms with Crippen molar-refractivity contribution in [1.29, 1.82) is 0 Å². The van der Waals surface area contributed by atoms with Crippen LogP contribution in [0.15, 0.2) is 17.0 Å². The van der Waals surface area contributed by atoms with Gasteiger partial charge in [-0.2, -0.15) is 4.31 Å². The number of hydrogen-bond donors (Lipinski definition) is 1. The minimum absolute atomic E-state index is 0.0657. The molecule has 1 atom stereocenters. The quantitative estimate of drug-likeness (QED) is 0.867. The van der Waals surface area contributed by atoms with Gasteiger partial charge in [0.1, 0.15) is 10.6 Å². The monoisotopic (exact) mass is 312 g/mol. The highest BCUT2D eigenvalue weighted by Gasteiger charge is 2.34. The highest BCUT2D eigenvalue weighted by atomic mass is 32.2. The molecule has 2 N–H and O–H groups in total. The van der Waals surface area contributed by atoms with E-state index in [-0.39, 0.29) is 10.9 Å². The molecule has 0 amide bonds. The number of rotatable bonds is 4. The molecule has 1 aliphatic rings. The number of nitrogens with two attached hydrogens (primary N) is 1. The zero-order chi connectivity index (χ0) is 15.6. The SMILES string of the molecule is CCC1CCCCN1S(=O)(=O)c1cc(N)c(C)cc1OC. The van der Waals surface area contributed by atoms with Crippen LogP contribution in [-0.2, 0) is 10.0 Å². The summed E-state index contributed by atoms with van der Waals surface area (Å²) in [5, 5.41) is 0. The van der Waals surface area contributed by atoms with E-state index < -0.39 is 10.0 Å². The van der Waals surface area contributed by atoms with Crippen molar-refractivity contribution in [2.45, 2.75) is 50.5 Å². The summed E-state index contributed by atoms with van der Waals surface area (Å²) in [6.45, 7) is 4.43. The Balaban J connectivity index is 2.50. The van der Waals surface area contributed by atoms with Crippen molar-refractivity contribution in [3.63, 3.8) is 0 Å². The molecular formula is C15H24N2O3S. The van der Waals surface area contributed by atoms with Gasteiger partial charge in [0.2, 0.25) is 10.0 Å². The molecule has 0 bridgehead atoms. The summed E-state index contributed by atoms with van der Waals surface area (Å²) in [5.41, 5.74) is 7.19. The third kappa shape index (κ3) is 3.01. The molecule has 1 aliphatic heterocycles. The zero-order valence-electron chi connectivity index (χ0n) is 12.9. The van der Waals surface area contributed by atoms with Crippen LogP contribution in [0.4, 0.5) is 5.69 Å². The summed E-state index contributed by atoms with van der Waals surface area (Å²) < 4.78 is 32.9. The molecule has 1 saturated heterocycles. The lowest BCUT2D eigenvalue weighted by Gasteiger charge is -2.34. The fraction of sp³-hybridized carbons (Fsp3) is 0.600. The maximum Gasteiger partial charge on any atom is 0.247 e. The van der Waals surface area contributed by atoms with E-state index in [4.69, 9.17) is 10.5 Å². The highest BCUT2D eigenvalue weighted by molar-refractivity contribution is 7.89. The van der Waals surface area contributed by atoms with E-state index >= 15 is 0 Å². The Bertz CT molecular complexity index is 614. The molecule has 0 radical (unpaired) electrons. The molecule has 0 saturated carbocycles. The summed E-state index contributed by atoms with van der Waals surface area (Å²) in [6, 6.07) is 3.27. The Morgan fingerprint density at radius 2 is 2.10 bits per heavy atom. The predicted molar refractivity (Wildman–Crippen MR) is 84.0 cm³/mol.